The summed E-state index contributed by atoms with van der Waals surface area (Å²) in [4.78, 5) is 0. The Hall–Kier alpha value is -0.140. The van der Waals surface area contributed by atoms with Gasteiger partial charge in [-0.25, -0.2) is 13.1 Å². The second kappa shape index (κ2) is 7.75. The summed E-state index contributed by atoms with van der Waals surface area (Å²) in [7, 11) is -3.63. The lowest BCUT2D eigenvalue weighted by Gasteiger charge is -2.28. The van der Waals surface area contributed by atoms with Crippen LogP contribution < -0.4 is 4.72 Å². The van der Waals surface area contributed by atoms with Gasteiger partial charge < -0.3 is 5.11 Å². The topological polar surface area (TPSA) is 66.4 Å². The van der Waals surface area contributed by atoms with E-state index in [4.69, 9.17) is 11.6 Å². The van der Waals surface area contributed by atoms with Crippen LogP contribution in [0.3, 0.4) is 0 Å². The van der Waals surface area contributed by atoms with Gasteiger partial charge in [0.2, 0.25) is 10.0 Å². The molecule has 1 rings (SSSR count). The number of thiophene rings is 1. The first kappa shape index (κ1) is 17.9. The standard InChI is InChI=1S/C13H22ClNO3S2/c1-4-6-10(16)13(9(3)5-2)15-20(17,18)12-8-7-11(14)19-12/h7-10,13,15-16H,4-6H2,1-3H3/t9-,10?,13?/m0/s1. The normalized spacial score (nSPS) is 16.9. The van der Waals surface area contributed by atoms with E-state index in [2.05, 4.69) is 4.72 Å². The quantitative estimate of drug-likeness (QED) is 0.764. The lowest BCUT2D eigenvalue weighted by atomic mass is 9.93. The van der Waals surface area contributed by atoms with Crippen LogP contribution in [-0.4, -0.2) is 25.7 Å². The summed E-state index contributed by atoms with van der Waals surface area (Å²) in [5.41, 5.74) is 0. The molecule has 0 saturated carbocycles. The van der Waals surface area contributed by atoms with Crippen LogP contribution in [0.25, 0.3) is 0 Å². The minimum atomic E-state index is -3.63. The van der Waals surface area contributed by atoms with Crippen LogP contribution in [0.5, 0.6) is 0 Å². The van der Waals surface area contributed by atoms with Gasteiger partial charge in [-0.15, -0.1) is 11.3 Å². The van der Waals surface area contributed by atoms with Crippen molar-refractivity contribution in [3.05, 3.63) is 16.5 Å². The molecule has 0 bridgehead atoms. The van der Waals surface area contributed by atoms with Gasteiger partial charge in [-0.1, -0.05) is 45.2 Å². The summed E-state index contributed by atoms with van der Waals surface area (Å²) >= 11 is 6.80. The highest BCUT2D eigenvalue weighted by Crippen LogP contribution is 2.26. The zero-order valence-electron chi connectivity index (χ0n) is 12.0. The maximum atomic E-state index is 12.3. The molecular weight excluding hydrogens is 318 g/mol. The Bertz CT molecular complexity index is 515. The molecule has 20 heavy (non-hydrogen) atoms. The van der Waals surface area contributed by atoms with E-state index in [1.807, 2.05) is 20.8 Å². The molecule has 1 aromatic rings. The first-order chi connectivity index (χ1) is 9.31. The molecule has 2 N–H and O–H groups in total. The Kier molecular flexibility index (Phi) is 6.94. The summed E-state index contributed by atoms with van der Waals surface area (Å²) in [6.45, 7) is 5.88. The van der Waals surface area contributed by atoms with Crippen molar-refractivity contribution in [2.75, 3.05) is 0 Å². The Morgan fingerprint density at radius 3 is 2.50 bits per heavy atom. The maximum Gasteiger partial charge on any atom is 0.250 e. The lowest BCUT2D eigenvalue weighted by molar-refractivity contribution is 0.102. The Labute approximate surface area is 130 Å². The zero-order chi connectivity index (χ0) is 15.3. The van der Waals surface area contributed by atoms with Gasteiger partial charge in [-0.05, 0) is 24.5 Å². The molecule has 0 aromatic carbocycles. The summed E-state index contributed by atoms with van der Waals surface area (Å²) in [5, 5.41) is 10.2. The molecule has 0 aliphatic rings. The molecule has 3 atom stereocenters. The third-order valence-corrected chi connectivity index (χ3v) is 6.54. The summed E-state index contributed by atoms with van der Waals surface area (Å²) in [5.74, 6) is 0.0572. The van der Waals surface area contributed by atoms with Crippen molar-refractivity contribution >= 4 is 33.0 Å². The van der Waals surface area contributed by atoms with Gasteiger partial charge >= 0.3 is 0 Å². The van der Waals surface area contributed by atoms with E-state index in [0.717, 1.165) is 24.2 Å². The Balaban J connectivity index is 2.94. The lowest BCUT2D eigenvalue weighted by Crippen LogP contribution is -2.47. The maximum absolute atomic E-state index is 12.3. The first-order valence-corrected chi connectivity index (χ1v) is 9.45. The van der Waals surface area contributed by atoms with Gasteiger partial charge in [0.05, 0.1) is 16.5 Å². The van der Waals surface area contributed by atoms with Crippen molar-refractivity contribution in [1.29, 1.82) is 0 Å². The van der Waals surface area contributed by atoms with Crippen LogP contribution in [0.4, 0.5) is 0 Å². The summed E-state index contributed by atoms with van der Waals surface area (Å²) in [6.07, 6.45) is 1.49. The van der Waals surface area contributed by atoms with E-state index >= 15 is 0 Å². The van der Waals surface area contributed by atoms with Crippen LogP contribution in [0.15, 0.2) is 16.3 Å². The molecule has 0 fully saturated rings. The fourth-order valence-corrected chi connectivity index (χ4v) is 4.86. The van der Waals surface area contributed by atoms with Gasteiger partial charge in [0.25, 0.3) is 0 Å². The third-order valence-electron chi connectivity index (χ3n) is 3.36. The minimum absolute atomic E-state index is 0.0572. The highest BCUT2D eigenvalue weighted by atomic mass is 35.5. The van der Waals surface area contributed by atoms with E-state index in [-0.39, 0.29) is 10.1 Å². The zero-order valence-corrected chi connectivity index (χ0v) is 14.4. The predicted molar refractivity (Wildman–Crippen MR) is 83.8 cm³/mol. The molecule has 116 valence electrons. The van der Waals surface area contributed by atoms with Crippen LogP contribution in [0.2, 0.25) is 4.34 Å². The van der Waals surface area contributed by atoms with E-state index in [1.165, 1.54) is 6.07 Å². The third kappa shape index (κ3) is 4.70. The average Bonchev–Trinajstić information content (AvgIpc) is 2.83. The van der Waals surface area contributed by atoms with Crippen molar-refractivity contribution in [2.24, 2.45) is 5.92 Å². The number of aliphatic hydroxyl groups excluding tert-OH is 1. The fraction of sp³-hybridized carbons (Fsp3) is 0.692. The van der Waals surface area contributed by atoms with Crippen LogP contribution in [0, 0.1) is 5.92 Å². The highest BCUT2D eigenvalue weighted by molar-refractivity contribution is 7.91. The second-order valence-electron chi connectivity index (χ2n) is 4.95. The van der Waals surface area contributed by atoms with Gasteiger partial charge in [-0.2, -0.15) is 0 Å². The van der Waals surface area contributed by atoms with Crippen molar-refractivity contribution in [3.63, 3.8) is 0 Å². The molecule has 4 nitrogen and oxygen atoms in total. The molecule has 0 aliphatic heterocycles. The van der Waals surface area contributed by atoms with E-state index in [1.54, 1.807) is 6.07 Å². The van der Waals surface area contributed by atoms with Crippen molar-refractivity contribution in [2.45, 2.75) is 56.4 Å². The highest BCUT2D eigenvalue weighted by Gasteiger charge is 2.29. The number of hydrogen-bond donors (Lipinski definition) is 2. The van der Waals surface area contributed by atoms with Crippen molar-refractivity contribution in [1.82, 2.24) is 4.72 Å². The van der Waals surface area contributed by atoms with Gasteiger partial charge in [0.1, 0.15) is 4.21 Å². The molecule has 1 aromatic heterocycles. The van der Waals surface area contributed by atoms with Crippen LogP contribution in [0.1, 0.15) is 40.0 Å². The molecule has 0 aliphatic carbocycles. The summed E-state index contributed by atoms with van der Waals surface area (Å²) < 4.78 is 27.9. The molecule has 0 saturated heterocycles. The van der Waals surface area contributed by atoms with Crippen molar-refractivity contribution in [3.8, 4) is 0 Å². The Morgan fingerprint density at radius 2 is 2.05 bits per heavy atom. The SMILES string of the molecule is CCCC(O)C(NS(=O)(=O)c1ccc(Cl)s1)[C@@H](C)CC. The molecule has 0 amide bonds. The number of rotatable bonds is 8. The smallest absolute Gasteiger partial charge is 0.250 e. The minimum Gasteiger partial charge on any atom is -0.391 e. The van der Waals surface area contributed by atoms with Crippen molar-refractivity contribution < 1.29 is 13.5 Å². The molecule has 7 heteroatoms. The second-order valence-corrected chi connectivity index (χ2v) is 8.60. The van der Waals surface area contributed by atoms with E-state index in [9.17, 15) is 13.5 Å². The first-order valence-electron chi connectivity index (χ1n) is 6.77. The monoisotopic (exact) mass is 339 g/mol. The van der Waals surface area contributed by atoms with Gasteiger partial charge in [0, 0.05) is 0 Å². The van der Waals surface area contributed by atoms with Gasteiger partial charge in [0.15, 0.2) is 0 Å². The summed E-state index contributed by atoms with van der Waals surface area (Å²) in [6, 6.07) is 2.56. The van der Waals surface area contributed by atoms with E-state index in [0.29, 0.717) is 10.8 Å². The molecular formula is C13H22ClNO3S2. The molecule has 2 unspecified atom stereocenters. The predicted octanol–water partition coefficient (Wildman–Crippen LogP) is 3.26. The Morgan fingerprint density at radius 1 is 1.40 bits per heavy atom. The average molecular weight is 340 g/mol. The molecule has 0 radical (unpaired) electrons. The molecule has 0 spiro atoms. The van der Waals surface area contributed by atoms with E-state index < -0.39 is 22.2 Å². The number of aliphatic hydroxyl groups is 1. The number of hydrogen-bond acceptors (Lipinski definition) is 4. The number of halogens is 1. The number of sulfonamides is 1. The van der Waals surface area contributed by atoms with Crippen LogP contribution in [-0.2, 0) is 10.0 Å². The largest absolute Gasteiger partial charge is 0.391 e. The number of nitrogens with one attached hydrogen (secondary N) is 1. The van der Waals surface area contributed by atoms with Crippen LogP contribution >= 0.6 is 22.9 Å². The van der Waals surface area contributed by atoms with Gasteiger partial charge in [-0.3, -0.25) is 0 Å². The fourth-order valence-electron chi connectivity index (χ4n) is 1.98. The molecule has 1 heterocycles.